The highest BCUT2D eigenvalue weighted by molar-refractivity contribution is 5.94. The average molecular weight is 379 g/mol. The summed E-state index contributed by atoms with van der Waals surface area (Å²) in [5.74, 6) is -1.01. The number of carboxylic acid groups (broad SMARTS) is 1. The molecule has 4 bridgehead atoms. The van der Waals surface area contributed by atoms with Crippen molar-refractivity contribution in [1.82, 2.24) is 0 Å². The molecule has 4 aliphatic rings. The zero-order valence-corrected chi connectivity index (χ0v) is 15.6. The van der Waals surface area contributed by atoms with Crippen LogP contribution in [0.2, 0.25) is 0 Å². The maximum absolute atomic E-state index is 13.3. The van der Waals surface area contributed by atoms with E-state index in [2.05, 4.69) is 0 Å². The highest BCUT2D eigenvalue weighted by Crippen LogP contribution is 2.64. The number of rotatable bonds is 5. The van der Waals surface area contributed by atoms with E-state index < -0.39 is 28.9 Å². The summed E-state index contributed by atoms with van der Waals surface area (Å²) in [6.07, 6.45) is 4.15. The van der Waals surface area contributed by atoms with Gasteiger partial charge in [0.1, 0.15) is 0 Å². The predicted molar refractivity (Wildman–Crippen MR) is 101 cm³/mol. The van der Waals surface area contributed by atoms with Gasteiger partial charge in [-0.2, -0.15) is 0 Å². The minimum Gasteiger partial charge on any atom is -0.481 e. The van der Waals surface area contributed by atoms with Crippen LogP contribution in [0.25, 0.3) is 0 Å². The summed E-state index contributed by atoms with van der Waals surface area (Å²) >= 11 is 0. The molecule has 5 rings (SSSR count). The van der Waals surface area contributed by atoms with Crippen molar-refractivity contribution in [2.24, 2.45) is 34.6 Å². The number of hydrogen-bond acceptors (Lipinski definition) is 4. The molecule has 4 aliphatic carbocycles. The highest BCUT2D eigenvalue weighted by atomic mass is 35.5. The Kier molecular flexibility index (Phi) is 4.93. The first kappa shape index (κ1) is 19.3. The van der Waals surface area contributed by atoms with Crippen molar-refractivity contribution < 1.29 is 14.7 Å². The van der Waals surface area contributed by atoms with Crippen LogP contribution in [0, 0.1) is 23.2 Å². The Morgan fingerprint density at radius 2 is 1.69 bits per heavy atom. The number of hydrogen-bond donors (Lipinski definition) is 3. The fourth-order valence-electron chi connectivity index (χ4n) is 6.28. The van der Waals surface area contributed by atoms with Crippen LogP contribution in [0.1, 0.15) is 37.7 Å². The predicted octanol–water partition coefficient (Wildman–Crippen LogP) is 2.16. The molecular formula is C20H27ClN2O3. The molecule has 0 amide bonds. The van der Waals surface area contributed by atoms with E-state index in [4.69, 9.17) is 11.5 Å². The number of nitrogens with two attached hydrogens (primary N) is 2. The Labute approximate surface area is 159 Å². The Morgan fingerprint density at radius 1 is 1.12 bits per heavy atom. The third kappa shape index (κ3) is 2.86. The van der Waals surface area contributed by atoms with Gasteiger partial charge in [-0.3, -0.25) is 9.59 Å². The number of carbonyl (C=O) groups excluding carboxylic acids is 1. The smallest absolute Gasteiger partial charge is 0.310 e. The molecule has 6 heteroatoms. The van der Waals surface area contributed by atoms with E-state index in [1.165, 1.54) is 0 Å². The lowest BCUT2D eigenvalue weighted by Crippen LogP contribution is -2.71. The molecule has 0 spiro atoms. The van der Waals surface area contributed by atoms with Crippen molar-refractivity contribution in [2.45, 2.75) is 50.1 Å². The Hall–Kier alpha value is -1.43. The fraction of sp³-hybridized carbons (Fsp3) is 0.600. The average Bonchev–Trinajstić information content (AvgIpc) is 2.53. The van der Waals surface area contributed by atoms with Crippen molar-refractivity contribution in [3.8, 4) is 0 Å². The van der Waals surface area contributed by atoms with Crippen molar-refractivity contribution in [2.75, 3.05) is 0 Å². The summed E-state index contributed by atoms with van der Waals surface area (Å²) in [6.45, 7) is 0. The molecular weight excluding hydrogens is 352 g/mol. The van der Waals surface area contributed by atoms with Gasteiger partial charge >= 0.3 is 5.97 Å². The Morgan fingerprint density at radius 3 is 2.23 bits per heavy atom. The lowest BCUT2D eigenvalue weighted by atomic mass is 9.41. The molecule has 0 heterocycles. The molecule has 26 heavy (non-hydrogen) atoms. The summed E-state index contributed by atoms with van der Waals surface area (Å²) in [6, 6.07) is 8.92. The van der Waals surface area contributed by atoms with Crippen molar-refractivity contribution >= 4 is 24.2 Å². The molecule has 5 nitrogen and oxygen atoms in total. The van der Waals surface area contributed by atoms with Gasteiger partial charge in [0, 0.05) is 5.54 Å². The van der Waals surface area contributed by atoms with Gasteiger partial charge in [0.25, 0.3) is 0 Å². The fourth-order valence-corrected chi connectivity index (χ4v) is 6.28. The number of carbonyl (C=O) groups is 2. The van der Waals surface area contributed by atoms with Crippen LogP contribution in [0.15, 0.2) is 30.3 Å². The Balaban J connectivity index is 0.00000196. The highest BCUT2D eigenvalue weighted by Gasteiger charge is 2.68. The number of aliphatic carboxylic acids is 1. The molecule has 3 unspecified atom stereocenters. The molecule has 1 aromatic rings. The number of benzene rings is 1. The number of Topliss-reactive ketones (excluding diaryl/α,β-unsaturated/α-hetero) is 1. The molecule has 4 saturated carbocycles. The molecule has 4 atom stereocenters. The maximum Gasteiger partial charge on any atom is 0.310 e. The van der Waals surface area contributed by atoms with Gasteiger partial charge in [-0.05, 0) is 55.9 Å². The van der Waals surface area contributed by atoms with Gasteiger partial charge < -0.3 is 16.6 Å². The quantitative estimate of drug-likeness (QED) is 0.727. The summed E-state index contributed by atoms with van der Waals surface area (Å²) in [7, 11) is 0. The Bertz CT molecular complexity index is 694. The maximum atomic E-state index is 13.3. The SMILES string of the molecule is Cl.N[C@@H](Cc1ccccc1)C(=O)C1C2(N)CC3CC(C2)CC1(C(=O)O)C3. The minimum atomic E-state index is -1.01. The number of halogens is 1. The van der Waals surface area contributed by atoms with E-state index in [1.807, 2.05) is 30.3 Å². The number of ketones is 1. The van der Waals surface area contributed by atoms with E-state index in [0.717, 1.165) is 24.8 Å². The second-order valence-electron chi connectivity index (χ2n) is 8.61. The van der Waals surface area contributed by atoms with Crippen molar-refractivity contribution in [3.63, 3.8) is 0 Å². The number of carboxylic acids is 1. The topological polar surface area (TPSA) is 106 Å². The van der Waals surface area contributed by atoms with Crippen LogP contribution in [0.5, 0.6) is 0 Å². The summed E-state index contributed by atoms with van der Waals surface area (Å²) in [5.41, 5.74) is 12.2. The van der Waals surface area contributed by atoms with Gasteiger partial charge in [0.15, 0.2) is 5.78 Å². The summed E-state index contributed by atoms with van der Waals surface area (Å²) in [4.78, 5) is 25.5. The zero-order chi connectivity index (χ0) is 17.8. The van der Waals surface area contributed by atoms with Crippen LogP contribution in [0.4, 0.5) is 0 Å². The van der Waals surface area contributed by atoms with Crippen LogP contribution in [-0.4, -0.2) is 28.4 Å². The van der Waals surface area contributed by atoms with E-state index >= 15 is 0 Å². The second kappa shape index (κ2) is 6.63. The third-order valence-electron chi connectivity index (χ3n) is 6.81. The van der Waals surface area contributed by atoms with Gasteiger partial charge in [-0.1, -0.05) is 30.3 Å². The molecule has 0 aromatic heterocycles. The first-order valence-corrected chi connectivity index (χ1v) is 9.19. The van der Waals surface area contributed by atoms with Crippen molar-refractivity contribution in [1.29, 1.82) is 0 Å². The molecule has 4 fully saturated rings. The molecule has 0 radical (unpaired) electrons. The van der Waals surface area contributed by atoms with Gasteiger partial charge in [0.05, 0.1) is 17.4 Å². The third-order valence-corrected chi connectivity index (χ3v) is 6.81. The molecule has 142 valence electrons. The van der Waals surface area contributed by atoms with Gasteiger partial charge in [-0.15, -0.1) is 12.4 Å². The first-order valence-electron chi connectivity index (χ1n) is 9.19. The largest absolute Gasteiger partial charge is 0.481 e. The van der Waals surface area contributed by atoms with Crippen LogP contribution in [-0.2, 0) is 16.0 Å². The second-order valence-corrected chi connectivity index (χ2v) is 8.61. The molecule has 0 aliphatic heterocycles. The molecule has 1 aromatic carbocycles. The summed E-state index contributed by atoms with van der Waals surface area (Å²) < 4.78 is 0. The van der Waals surface area contributed by atoms with E-state index in [9.17, 15) is 14.7 Å². The van der Waals surface area contributed by atoms with Gasteiger partial charge in [-0.25, -0.2) is 0 Å². The zero-order valence-electron chi connectivity index (χ0n) is 14.8. The first-order chi connectivity index (χ1) is 11.8. The monoisotopic (exact) mass is 378 g/mol. The summed E-state index contributed by atoms with van der Waals surface area (Å²) in [5, 5.41) is 10.0. The lowest BCUT2D eigenvalue weighted by Gasteiger charge is -2.63. The van der Waals surface area contributed by atoms with Crippen LogP contribution < -0.4 is 11.5 Å². The minimum absolute atomic E-state index is 0. The standard InChI is InChI=1S/C20H26N2O3.ClH/c21-15(7-12-4-2-1-3-5-12)16(23)17-19(18(24)25)8-13-6-14(9-19)11-20(17,22)10-13;/h1-5,13-15,17H,6-11,21-22H2,(H,24,25);1H/t13?,14?,15-,17?,19?,20?;/m0./s1. The van der Waals surface area contributed by atoms with E-state index in [0.29, 0.717) is 31.1 Å². The van der Waals surface area contributed by atoms with Crippen molar-refractivity contribution in [3.05, 3.63) is 35.9 Å². The normalized spacial score (nSPS) is 38.5. The molecule has 0 saturated heterocycles. The van der Waals surface area contributed by atoms with E-state index in [-0.39, 0.29) is 18.2 Å². The molecule has 5 N–H and O–H groups in total. The van der Waals surface area contributed by atoms with Gasteiger partial charge in [0.2, 0.25) is 0 Å². The van der Waals surface area contributed by atoms with Crippen LogP contribution in [0.3, 0.4) is 0 Å². The lowest BCUT2D eigenvalue weighted by molar-refractivity contribution is -0.185. The van der Waals surface area contributed by atoms with E-state index in [1.54, 1.807) is 0 Å². The van der Waals surface area contributed by atoms with Crippen LogP contribution >= 0.6 is 12.4 Å².